The van der Waals surface area contributed by atoms with Crippen molar-refractivity contribution in [1.29, 1.82) is 0 Å². The van der Waals surface area contributed by atoms with E-state index in [9.17, 15) is 9.90 Å². The van der Waals surface area contributed by atoms with Gasteiger partial charge in [-0.2, -0.15) is 0 Å². The van der Waals surface area contributed by atoms with E-state index in [0.717, 1.165) is 5.56 Å². The van der Waals surface area contributed by atoms with E-state index in [1.807, 2.05) is 30.3 Å². The Labute approximate surface area is 117 Å². The van der Waals surface area contributed by atoms with Crippen molar-refractivity contribution in [3.63, 3.8) is 0 Å². The molecule has 0 aliphatic carbocycles. The summed E-state index contributed by atoms with van der Waals surface area (Å²) in [5.74, 6) is -0.253. The number of hydrogen-bond donors (Lipinski definition) is 3. The minimum Gasteiger partial charge on any atom is -0.387 e. The average Bonchev–Trinajstić information content (AvgIpc) is 2.53. The molecule has 1 atom stereocenters. The smallest absolute Gasteiger partial charge is 0.251 e. The Hall–Kier alpha value is -2.24. The number of carbonyl (C=O) groups excluding carboxylic acids is 1. The Morgan fingerprint density at radius 3 is 2.75 bits per heavy atom. The van der Waals surface area contributed by atoms with Gasteiger partial charge < -0.3 is 16.2 Å². The van der Waals surface area contributed by atoms with Crippen molar-refractivity contribution < 1.29 is 9.90 Å². The highest BCUT2D eigenvalue weighted by molar-refractivity contribution is 5.94. The lowest BCUT2D eigenvalue weighted by molar-refractivity contribution is 0.0916. The van der Waals surface area contributed by atoms with E-state index < -0.39 is 6.10 Å². The minimum atomic E-state index is -0.726. The monoisotopic (exact) mass is 271 g/mol. The van der Waals surface area contributed by atoms with Crippen LogP contribution in [-0.4, -0.2) is 22.5 Å². The second-order valence-corrected chi connectivity index (χ2v) is 4.38. The van der Waals surface area contributed by atoms with Gasteiger partial charge in [-0.15, -0.1) is 0 Å². The number of amides is 1. The Morgan fingerprint density at radius 1 is 1.30 bits per heavy atom. The van der Waals surface area contributed by atoms with Gasteiger partial charge in [-0.05, 0) is 17.7 Å². The predicted molar refractivity (Wildman–Crippen MR) is 75.9 cm³/mol. The quantitative estimate of drug-likeness (QED) is 0.757. The molecule has 1 amide bonds. The average molecular weight is 271 g/mol. The van der Waals surface area contributed by atoms with Gasteiger partial charge in [0.05, 0.1) is 11.8 Å². The van der Waals surface area contributed by atoms with Gasteiger partial charge in [0.1, 0.15) is 0 Å². The summed E-state index contributed by atoms with van der Waals surface area (Å²) in [4.78, 5) is 16.0. The first-order valence-corrected chi connectivity index (χ1v) is 6.37. The molecule has 0 saturated carbocycles. The fourth-order valence-electron chi connectivity index (χ4n) is 1.82. The Morgan fingerprint density at radius 2 is 2.05 bits per heavy atom. The first-order chi connectivity index (χ1) is 9.70. The number of nitrogens with one attached hydrogen (secondary N) is 1. The maximum Gasteiger partial charge on any atom is 0.251 e. The number of pyridine rings is 1. The van der Waals surface area contributed by atoms with Crippen molar-refractivity contribution in [2.45, 2.75) is 12.6 Å². The molecule has 0 radical (unpaired) electrons. The highest BCUT2D eigenvalue weighted by Gasteiger charge is 2.10. The maximum atomic E-state index is 12.0. The lowest BCUT2D eigenvalue weighted by atomic mass is 10.1. The molecule has 2 rings (SSSR count). The van der Waals surface area contributed by atoms with Crippen LogP contribution in [0.15, 0.2) is 48.7 Å². The summed E-state index contributed by atoms with van der Waals surface area (Å²) in [6.07, 6.45) is 0.820. The molecular weight excluding hydrogens is 254 g/mol. The normalized spacial score (nSPS) is 11.9. The van der Waals surface area contributed by atoms with Crippen molar-refractivity contribution in [2.75, 3.05) is 6.54 Å². The van der Waals surface area contributed by atoms with E-state index >= 15 is 0 Å². The van der Waals surface area contributed by atoms with E-state index in [0.29, 0.717) is 11.3 Å². The van der Waals surface area contributed by atoms with Crippen LogP contribution < -0.4 is 11.1 Å². The molecule has 0 aliphatic rings. The lowest BCUT2D eigenvalue weighted by Crippen LogP contribution is -2.28. The van der Waals surface area contributed by atoms with Crippen LogP contribution in [0.5, 0.6) is 0 Å². The molecule has 104 valence electrons. The number of rotatable bonds is 5. The van der Waals surface area contributed by atoms with Crippen LogP contribution in [0.25, 0.3) is 0 Å². The van der Waals surface area contributed by atoms with Gasteiger partial charge in [-0.1, -0.05) is 30.3 Å². The molecule has 20 heavy (non-hydrogen) atoms. The van der Waals surface area contributed by atoms with Gasteiger partial charge in [0.2, 0.25) is 0 Å². The van der Waals surface area contributed by atoms with E-state index in [-0.39, 0.29) is 19.0 Å². The SMILES string of the molecule is NCc1cc(C(=O)NCC(O)c2ccccc2)ccn1. The number of benzene rings is 1. The van der Waals surface area contributed by atoms with E-state index in [1.54, 1.807) is 18.3 Å². The largest absolute Gasteiger partial charge is 0.387 e. The van der Waals surface area contributed by atoms with Gasteiger partial charge in [0.25, 0.3) is 5.91 Å². The lowest BCUT2D eigenvalue weighted by Gasteiger charge is -2.12. The maximum absolute atomic E-state index is 12.0. The van der Waals surface area contributed by atoms with Gasteiger partial charge in [0, 0.05) is 24.8 Å². The third-order valence-corrected chi connectivity index (χ3v) is 2.93. The van der Waals surface area contributed by atoms with Crippen LogP contribution in [0.3, 0.4) is 0 Å². The first-order valence-electron chi connectivity index (χ1n) is 6.37. The molecule has 1 aromatic heterocycles. The first kappa shape index (κ1) is 14.2. The highest BCUT2D eigenvalue weighted by Crippen LogP contribution is 2.11. The molecule has 0 aliphatic heterocycles. The van der Waals surface area contributed by atoms with Crippen molar-refractivity contribution in [3.05, 3.63) is 65.5 Å². The van der Waals surface area contributed by atoms with E-state index in [1.165, 1.54) is 0 Å². The molecule has 0 spiro atoms. The molecule has 5 heteroatoms. The van der Waals surface area contributed by atoms with Crippen molar-refractivity contribution in [2.24, 2.45) is 5.73 Å². The molecule has 0 bridgehead atoms. The number of nitrogens with zero attached hydrogens (tertiary/aromatic N) is 1. The molecule has 1 aromatic carbocycles. The van der Waals surface area contributed by atoms with Crippen LogP contribution in [0.1, 0.15) is 27.7 Å². The van der Waals surface area contributed by atoms with Crippen LogP contribution in [0.4, 0.5) is 0 Å². The zero-order valence-electron chi connectivity index (χ0n) is 11.0. The van der Waals surface area contributed by atoms with E-state index in [2.05, 4.69) is 10.3 Å². The van der Waals surface area contributed by atoms with Crippen molar-refractivity contribution in [1.82, 2.24) is 10.3 Å². The minimum absolute atomic E-state index is 0.156. The fourth-order valence-corrected chi connectivity index (χ4v) is 1.82. The van der Waals surface area contributed by atoms with E-state index in [4.69, 9.17) is 5.73 Å². The van der Waals surface area contributed by atoms with Gasteiger partial charge in [-0.3, -0.25) is 9.78 Å². The zero-order chi connectivity index (χ0) is 14.4. The molecule has 4 N–H and O–H groups in total. The highest BCUT2D eigenvalue weighted by atomic mass is 16.3. The number of aliphatic hydroxyl groups excluding tert-OH is 1. The number of aliphatic hydroxyl groups is 1. The molecule has 0 fully saturated rings. The summed E-state index contributed by atoms with van der Waals surface area (Å²) in [6.45, 7) is 0.441. The molecule has 0 saturated heterocycles. The number of nitrogens with two attached hydrogens (primary N) is 1. The van der Waals surface area contributed by atoms with Crippen LogP contribution >= 0.6 is 0 Å². The molecular formula is C15H17N3O2. The molecule has 2 aromatic rings. The topological polar surface area (TPSA) is 88.2 Å². The summed E-state index contributed by atoms with van der Waals surface area (Å²) in [7, 11) is 0. The Balaban J connectivity index is 1.95. The van der Waals surface area contributed by atoms with Crippen molar-refractivity contribution >= 4 is 5.91 Å². The number of carbonyl (C=O) groups is 1. The van der Waals surface area contributed by atoms with Crippen LogP contribution in [-0.2, 0) is 6.54 Å². The van der Waals surface area contributed by atoms with Crippen LogP contribution in [0, 0.1) is 0 Å². The van der Waals surface area contributed by atoms with Crippen LogP contribution in [0.2, 0.25) is 0 Å². The molecule has 1 unspecified atom stereocenters. The Kier molecular flexibility index (Phi) is 4.81. The second kappa shape index (κ2) is 6.79. The van der Waals surface area contributed by atoms with Crippen molar-refractivity contribution in [3.8, 4) is 0 Å². The third kappa shape index (κ3) is 3.63. The van der Waals surface area contributed by atoms with Gasteiger partial charge in [0.15, 0.2) is 0 Å². The third-order valence-electron chi connectivity index (χ3n) is 2.93. The standard InChI is InChI=1S/C15H17N3O2/c16-9-13-8-12(6-7-17-13)15(20)18-10-14(19)11-4-2-1-3-5-11/h1-8,14,19H,9-10,16H2,(H,18,20). The Bertz CT molecular complexity index is 572. The molecule has 1 heterocycles. The summed E-state index contributed by atoms with van der Waals surface area (Å²) >= 11 is 0. The van der Waals surface area contributed by atoms with Gasteiger partial charge >= 0.3 is 0 Å². The summed E-state index contributed by atoms with van der Waals surface area (Å²) < 4.78 is 0. The van der Waals surface area contributed by atoms with Gasteiger partial charge in [-0.25, -0.2) is 0 Å². The predicted octanol–water partition coefficient (Wildman–Crippen LogP) is 1.00. The zero-order valence-corrected chi connectivity index (χ0v) is 11.0. The summed E-state index contributed by atoms with van der Waals surface area (Å²) in [5.41, 5.74) is 7.39. The number of aromatic nitrogens is 1. The second-order valence-electron chi connectivity index (χ2n) is 4.38. The molecule has 5 nitrogen and oxygen atoms in total. The summed E-state index contributed by atoms with van der Waals surface area (Å²) in [6, 6.07) is 12.5. The summed E-state index contributed by atoms with van der Waals surface area (Å²) in [5, 5.41) is 12.7. The number of hydrogen-bond acceptors (Lipinski definition) is 4. The fraction of sp³-hybridized carbons (Fsp3) is 0.200.